The number of ether oxygens (including phenoxy) is 1. The van der Waals surface area contributed by atoms with Crippen molar-refractivity contribution in [2.24, 2.45) is 5.92 Å². The van der Waals surface area contributed by atoms with Gasteiger partial charge in [-0.25, -0.2) is 4.79 Å². The smallest absolute Gasteiger partial charge is 0.320 e. The van der Waals surface area contributed by atoms with Gasteiger partial charge in [-0.1, -0.05) is 0 Å². The lowest BCUT2D eigenvalue weighted by Crippen LogP contribution is -2.62. The molecule has 0 aromatic carbocycles. The quantitative estimate of drug-likeness (QED) is 0.826. The molecule has 0 bridgehead atoms. The Morgan fingerprint density at radius 1 is 1.13 bits per heavy atom. The van der Waals surface area contributed by atoms with E-state index >= 15 is 0 Å². The summed E-state index contributed by atoms with van der Waals surface area (Å²) in [5.41, 5.74) is 4.27. The van der Waals surface area contributed by atoms with E-state index in [9.17, 15) is 9.59 Å². The number of morpholine rings is 1. The van der Waals surface area contributed by atoms with Gasteiger partial charge in [0.15, 0.2) is 0 Å². The Morgan fingerprint density at radius 2 is 1.90 bits per heavy atom. The van der Waals surface area contributed by atoms with Gasteiger partial charge in [-0.15, -0.1) is 0 Å². The van der Waals surface area contributed by atoms with E-state index in [1.165, 1.54) is 29.5 Å². The van der Waals surface area contributed by atoms with E-state index in [-0.39, 0.29) is 30.7 Å². The maximum absolute atomic E-state index is 13.0. The first kappa shape index (κ1) is 19.8. The predicted molar refractivity (Wildman–Crippen MR) is 112 cm³/mol. The first-order valence-corrected chi connectivity index (χ1v) is 11.5. The van der Waals surface area contributed by atoms with Gasteiger partial charge in [0.1, 0.15) is 6.61 Å². The minimum absolute atomic E-state index is 0.0423. The number of nitrogens with zero attached hydrogens (tertiary/aromatic N) is 3. The fraction of sp³-hybridized carbons (Fsp3) is 0.696. The van der Waals surface area contributed by atoms with Crippen LogP contribution in [0.5, 0.6) is 0 Å². The number of fused-ring (bicyclic) bond motifs is 1. The van der Waals surface area contributed by atoms with Gasteiger partial charge in [-0.05, 0) is 74.0 Å². The van der Waals surface area contributed by atoms with Gasteiger partial charge in [-0.2, -0.15) is 0 Å². The molecule has 1 aliphatic carbocycles. The van der Waals surface area contributed by atoms with Crippen LogP contribution in [0.15, 0.2) is 12.4 Å². The summed E-state index contributed by atoms with van der Waals surface area (Å²) in [4.78, 5) is 33.0. The number of hydrogen-bond acceptors (Lipinski definition) is 4. The molecule has 1 aromatic rings. The molecule has 1 aromatic heterocycles. The number of pyridine rings is 1. The third-order valence-corrected chi connectivity index (χ3v) is 7.36. The maximum Gasteiger partial charge on any atom is 0.320 e. The maximum atomic E-state index is 13.0. The first-order valence-electron chi connectivity index (χ1n) is 11.5. The zero-order valence-corrected chi connectivity index (χ0v) is 17.8. The van der Waals surface area contributed by atoms with Crippen LogP contribution in [0, 0.1) is 12.8 Å². The summed E-state index contributed by atoms with van der Waals surface area (Å²) in [6, 6.07) is 0.0380. The number of rotatable bonds is 3. The highest BCUT2D eigenvalue weighted by molar-refractivity contribution is 5.79. The average molecular weight is 413 g/mol. The molecule has 4 fully saturated rings. The Kier molecular flexibility index (Phi) is 5.39. The van der Waals surface area contributed by atoms with Crippen LogP contribution < -0.4 is 5.32 Å². The fourth-order valence-electron chi connectivity index (χ4n) is 5.31. The molecular weight excluding hydrogens is 380 g/mol. The van der Waals surface area contributed by atoms with Crippen LogP contribution in [-0.2, 0) is 16.0 Å². The van der Waals surface area contributed by atoms with Crippen LogP contribution in [0.25, 0.3) is 0 Å². The Hall–Kier alpha value is -2.15. The number of nitrogens with one attached hydrogen (secondary N) is 1. The fourth-order valence-corrected chi connectivity index (χ4v) is 5.31. The topological polar surface area (TPSA) is 74.8 Å². The van der Waals surface area contributed by atoms with Crippen LogP contribution in [0.3, 0.4) is 0 Å². The van der Waals surface area contributed by atoms with Crippen LogP contribution in [-0.4, -0.2) is 71.7 Å². The number of carbonyl (C=O) groups is 2. The third-order valence-electron chi connectivity index (χ3n) is 7.36. The molecule has 3 amide bonds. The molecule has 1 saturated carbocycles. The summed E-state index contributed by atoms with van der Waals surface area (Å²) in [5.74, 6) is 1.27. The Balaban J connectivity index is 1.14. The van der Waals surface area contributed by atoms with Crippen molar-refractivity contribution in [1.82, 2.24) is 20.1 Å². The van der Waals surface area contributed by atoms with Gasteiger partial charge < -0.3 is 19.9 Å². The molecule has 0 spiro atoms. The number of carbonyl (C=O) groups excluding carboxylic acids is 2. The minimum Gasteiger partial charge on any atom is -0.366 e. The molecular formula is C23H32N4O3. The highest BCUT2D eigenvalue weighted by Gasteiger charge is 2.38. The summed E-state index contributed by atoms with van der Waals surface area (Å²) < 4.78 is 5.61. The van der Waals surface area contributed by atoms with Crippen molar-refractivity contribution in [3.63, 3.8) is 0 Å². The van der Waals surface area contributed by atoms with Crippen LogP contribution in [0.4, 0.5) is 4.79 Å². The number of amides is 3. The Morgan fingerprint density at radius 3 is 2.67 bits per heavy atom. The minimum atomic E-state index is -0.0816. The molecule has 0 radical (unpaired) electrons. The second kappa shape index (κ2) is 8.17. The van der Waals surface area contributed by atoms with E-state index in [2.05, 4.69) is 23.4 Å². The van der Waals surface area contributed by atoms with Crippen molar-refractivity contribution in [3.05, 3.63) is 29.1 Å². The molecule has 4 aliphatic rings. The zero-order chi connectivity index (χ0) is 20.7. The van der Waals surface area contributed by atoms with Crippen molar-refractivity contribution < 1.29 is 14.3 Å². The first-order chi connectivity index (χ1) is 14.6. The largest absolute Gasteiger partial charge is 0.366 e. The van der Waals surface area contributed by atoms with E-state index in [1.807, 2.05) is 16.0 Å². The van der Waals surface area contributed by atoms with Crippen LogP contribution >= 0.6 is 0 Å². The van der Waals surface area contributed by atoms with Crippen LogP contribution in [0.1, 0.15) is 54.7 Å². The molecule has 0 unspecified atom stereocenters. The predicted octanol–water partition coefficient (Wildman–Crippen LogP) is 2.23. The van der Waals surface area contributed by atoms with Gasteiger partial charge in [0.05, 0.1) is 12.1 Å². The van der Waals surface area contributed by atoms with E-state index in [4.69, 9.17) is 4.74 Å². The molecule has 7 nitrogen and oxygen atoms in total. The molecule has 1 N–H and O–H groups in total. The highest BCUT2D eigenvalue weighted by Crippen LogP contribution is 2.42. The number of likely N-dealkylation sites (tertiary alicyclic amines) is 2. The SMILES string of the molecule is Cc1c(CC2CCN(C(=O)N3CC[C@@H]4OCC(=O)N[C@@H]4C3)CC2)cncc1C1CC1. The van der Waals surface area contributed by atoms with Gasteiger partial charge in [0.2, 0.25) is 5.91 Å². The lowest BCUT2D eigenvalue weighted by Gasteiger charge is -2.43. The summed E-state index contributed by atoms with van der Waals surface area (Å²) in [6.07, 6.45) is 10.7. The van der Waals surface area contributed by atoms with E-state index in [0.717, 1.165) is 44.7 Å². The molecule has 3 aliphatic heterocycles. The molecule has 30 heavy (non-hydrogen) atoms. The molecule has 3 saturated heterocycles. The van der Waals surface area contributed by atoms with Crippen molar-refractivity contribution in [3.8, 4) is 0 Å². The van der Waals surface area contributed by atoms with Crippen molar-refractivity contribution in [1.29, 1.82) is 0 Å². The van der Waals surface area contributed by atoms with E-state index in [1.54, 1.807) is 0 Å². The molecule has 2 atom stereocenters. The van der Waals surface area contributed by atoms with Crippen molar-refractivity contribution in [2.75, 3.05) is 32.8 Å². The number of piperidine rings is 2. The lowest BCUT2D eigenvalue weighted by atomic mass is 9.88. The molecule has 5 rings (SSSR count). The number of aromatic nitrogens is 1. The summed E-state index contributed by atoms with van der Waals surface area (Å²) in [6.45, 7) is 5.27. The van der Waals surface area contributed by atoms with E-state index in [0.29, 0.717) is 19.0 Å². The normalized spacial score (nSPS) is 27.6. The number of hydrogen-bond donors (Lipinski definition) is 1. The van der Waals surface area contributed by atoms with Gasteiger partial charge in [0.25, 0.3) is 0 Å². The average Bonchev–Trinajstić information content (AvgIpc) is 3.60. The van der Waals surface area contributed by atoms with Crippen LogP contribution in [0.2, 0.25) is 0 Å². The molecule has 162 valence electrons. The molecule has 4 heterocycles. The Bertz CT molecular complexity index is 817. The summed E-state index contributed by atoms with van der Waals surface area (Å²) in [7, 11) is 0. The monoisotopic (exact) mass is 412 g/mol. The van der Waals surface area contributed by atoms with Gasteiger partial charge >= 0.3 is 6.03 Å². The zero-order valence-electron chi connectivity index (χ0n) is 17.8. The highest BCUT2D eigenvalue weighted by atomic mass is 16.5. The molecule has 7 heteroatoms. The Labute approximate surface area is 178 Å². The lowest BCUT2D eigenvalue weighted by molar-refractivity contribution is -0.139. The van der Waals surface area contributed by atoms with Gasteiger partial charge in [-0.3, -0.25) is 9.78 Å². The van der Waals surface area contributed by atoms with Crippen molar-refractivity contribution >= 4 is 11.9 Å². The number of urea groups is 1. The summed E-state index contributed by atoms with van der Waals surface area (Å²) >= 11 is 0. The van der Waals surface area contributed by atoms with Crippen molar-refractivity contribution in [2.45, 2.75) is 63.5 Å². The summed E-state index contributed by atoms with van der Waals surface area (Å²) in [5, 5.41) is 2.98. The standard InChI is InChI=1S/C23H32N4O3/c1-15-18(11-24-12-19(15)17-2-3-17)10-16-4-7-26(8-5-16)23(29)27-9-6-21-20(13-27)25-22(28)14-30-21/h11-12,16-17,20-21H,2-10,13-14H2,1H3,(H,25,28)/t20-,21+/m1/s1. The second-order valence-corrected chi connectivity index (χ2v) is 9.46. The van der Waals surface area contributed by atoms with E-state index < -0.39 is 0 Å². The van der Waals surface area contributed by atoms with Gasteiger partial charge in [0, 0.05) is 38.6 Å². The third kappa shape index (κ3) is 4.04. The second-order valence-electron chi connectivity index (χ2n) is 9.46.